The van der Waals surface area contributed by atoms with Gasteiger partial charge in [0.15, 0.2) is 0 Å². The number of benzene rings is 4. The first-order valence-electron chi connectivity index (χ1n) is 13.0. The molecule has 1 aromatic heterocycles. The van der Waals surface area contributed by atoms with Crippen molar-refractivity contribution in [2.45, 2.75) is 58.3 Å². The van der Waals surface area contributed by atoms with E-state index in [4.69, 9.17) is 0 Å². The molecular weight excluding hydrogens is 441 g/mol. The number of aromatic nitrogens is 1. The van der Waals surface area contributed by atoms with E-state index in [0.717, 1.165) is 34.9 Å². The lowest BCUT2D eigenvalue weighted by Gasteiger charge is -2.31. The van der Waals surface area contributed by atoms with Crippen molar-refractivity contribution in [3.8, 4) is 22.4 Å². The van der Waals surface area contributed by atoms with Gasteiger partial charge < -0.3 is 0 Å². The van der Waals surface area contributed by atoms with Crippen molar-refractivity contribution in [2.24, 2.45) is 0 Å². The van der Waals surface area contributed by atoms with E-state index >= 15 is 0 Å². The third kappa shape index (κ3) is 3.24. The molecule has 0 saturated carbocycles. The molecule has 0 aliphatic heterocycles. The highest BCUT2D eigenvalue weighted by molar-refractivity contribution is 6.12. The van der Waals surface area contributed by atoms with Gasteiger partial charge in [-0.2, -0.15) is 0 Å². The topological polar surface area (TPSA) is 12.9 Å². The Morgan fingerprint density at radius 1 is 0.750 bits per heavy atom. The summed E-state index contributed by atoms with van der Waals surface area (Å²) in [6, 6.07) is 25.1. The first-order valence-corrected chi connectivity index (χ1v) is 13.0. The van der Waals surface area contributed by atoms with Gasteiger partial charge in [-0.1, -0.05) is 77.1 Å². The van der Waals surface area contributed by atoms with Gasteiger partial charge >= 0.3 is 0 Å². The number of hydrogen-bond donors (Lipinski definition) is 0. The molecule has 4 aromatic carbocycles. The summed E-state index contributed by atoms with van der Waals surface area (Å²) in [5.74, 6) is -0.243. The average Bonchev–Trinajstić information content (AvgIpc) is 3.15. The Morgan fingerprint density at radius 2 is 1.53 bits per heavy atom. The Hall–Kier alpha value is -3.52. The van der Waals surface area contributed by atoms with Crippen LogP contribution >= 0.6 is 0 Å². The van der Waals surface area contributed by atoms with Crippen molar-refractivity contribution in [2.75, 3.05) is 0 Å². The van der Waals surface area contributed by atoms with Crippen LogP contribution in [0.2, 0.25) is 0 Å². The van der Waals surface area contributed by atoms with Crippen molar-refractivity contribution in [3.05, 3.63) is 102 Å². The minimum absolute atomic E-state index is 0.000695. The summed E-state index contributed by atoms with van der Waals surface area (Å²) in [7, 11) is 0. The van der Waals surface area contributed by atoms with Crippen LogP contribution in [0.1, 0.15) is 64.2 Å². The van der Waals surface area contributed by atoms with E-state index in [1.165, 1.54) is 44.7 Å². The number of rotatable bonds is 3. The molecule has 0 bridgehead atoms. The number of nitrogens with zero attached hydrogens (tertiary/aromatic N) is 1. The average molecular weight is 474 g/mol. The fourth-order valence-corrected chi connectivity index (χ4v) is 6.32. The SMILES string of the molecule is CCC1(CC)c2cc(C(C)(C)C)ccc2-c2cc3ccc4c(-c5cccc(F)c5)nccc4c3cc21. The molecule has 0 fully saturated rings. The largest absolute Gasteiger partial charge is 0.256 e. The van der Waals surface area contributed by atoms with Gasteiger partial charge in [0.05, 0.1) is 5.69 Å². The molecule has 0 amide bonds. The smallest absolute Gasteiger partial charge is 0.123 e. The van der Waals surface area contributed by atoms with Gasteiger partial charge in [0.2, 0.25) is 0 Å². The van der Waals surface area contributed by atoms with Crippen molar-refractivity contribution < 1.29 is 4.39 Å². The maximum atomic E-state index is 14.0. The summed E-state index contributed by atoms with van der Waals surface area (Å²) < 4.78 is 14.0. The van der Waals surface area contributed by atoms with Crippen LogP contribution in [0.15, 0.2) is 79.0 Å². The Balaban J connectivity index is 1.64. The lowest BCUT2D eigenvalue weighted by Crippen LogP contribution is -2.24. The maximum absolute atomic E-state index is 14.0. The molecule has 0 unspecified atom stereocenters. The Kier molecular flexibility index (Phi) is 5.09. The molecular formula is C34H32FN. The summed E-state index contributed by atoms with van der Waals surface area (Å²) in [4.78, 5) is 4.66. The van der Waals surface area contributed by atoms with E-state index in [9.17, 15) is 4.39 Å². The minimum Gasteiger partial charge on any atom is -0.256 e. The molecule has 6 rings (SSSR count). The summed E-state index contributed by atoms with van der Waals surface area (Å²) in [6.07, 6.45) is 3.97. The van der Waals surface area contributed by atoms with Crippen LogP contribution in [0.4, 0.5) is 4.39 Å². The van der Waals surface area contributed by atoms with Crippen LogP contribution < -0.4 is 0 Å². The van der Waals surface area contributed by atoms with Gasteiger partial charge in [-0.25, -0.2) is 4.39 Å². The van der Waals surface area contributed by atoms with Crippen molar-refractivity contribution in [1.82, 2.24) is 4.98 Å². The van der Waals surface area contributed by atoms with E-state index in [0.29, 0.717) is 0 Å². The lowest BCUT2D eigenvalue weighted by molar-refractivity contribution is 0.488. The zero-order valence-electron chi connectivity index (χ0n) is 21.7. The second-order valence-electron chi connectivity index (χ2n) is 11.2. The monoisotopic (exact) mass is 473 g/mol. The first-order chi connectivity index (χ1) is 17.3. The molecule has 2 heteroatoms. The highest BCUT2D eigenvalue weighted by Crippen LogP contribution is 2.54. The highest BCUT2D eigenvalue weighted by Gasteiger charge is 2.41. The lowest BCUT2D eigenvalue weighted by atomic mass is 9.72. The number of pyridine rings is 1. The summed E-state index contributed by atoms with van der Waals surface area (Å²) >= 11 is 0. The molecule has 0 spiro atoms. The molecule has 0 radical (unpaired) electrons. The predicted octanol–water partition coefficient (Wildman–Crippen LogP) is 9.58. The number of halogens is 1. The molecule has 0 saturated heterocycles. The van der Waals surface area contributed by atoms with Gasteiger partial charge in [0.1, 0.15) is 5.82 Å². The van der Waals surface area contributed by atoms with Crippen LogP contribution in [0, 0.1) is 5.82 Å². The van der Waals surface area contributed by atoms with Gasteiger partial charge in [0.25, 0.3) is 0 Å². The molecule has 0 N–H and O–H groups in total. The number of fused-ring (bicyclic) bond motifs is 6. The van der Waals surface area contributed by atoms with Gasteiger partial charge in [-0.15, -0.1) is 0 Å². The van der Waals surface area contributed by atoms with Crippen molar-refractivity contribution in [3.63, 3.8) is 0 Å². The predicted molar refractivity (Wildman–Crippen MR) is 150 cm³/mol. The molecule has 1 aliphatic rings. The standard InChI is InChI=1S/C34H32FN/c1-6-34(7-2)30-19-23(33(3,4)5)12-14-26(30)29-18-21-11-13-27-25(28(21)20-31(29)34)15-16-36-32(27)22-9-8-10-24(35)17-22/h8-20H,6-7H2,1-5H3. The van der Waals surface area contributed by atoms with Crippen molar-refractivity contribution >= 4 is 21.5 Å². The van der Waals surface area contributed by atoms with E-state index in [1.54, 1.807) is 12.1 Å². The summed E-state index contributed by atoms with van der Waals surface area (Å²) in [5.41, 5.74) is 8.76. The van der Waals surface area contributed by atoms with Crippen molar-refractivity contribution in [1.29, 1.82) is 0 Å². The van der Waals surface area contributed by atoms with Crippen LogP contribution in [-0.2, 0) is 10.8 Å². The van der Waals surface area contributed by atoms with E-state index in [-0.39, 0.29) is 16.6 Å². The molecule has 1 nitrogen and oxygen atoms in total. The van der Waals surface area contributed by atoms with Crippen LogP contribution in [0.25, 0.3) is 43.9 Å². The Morgan fingerprint density at radius 3 is 2.25 bits per heavy atom. The van der Waals surface area contributed by atoms with Gasteiger partial charge in [-0.05, 0) is 92.6 Å². The van der Waals surface area contributed by atoms with E-state index in [1.807, 2.05) is 12.3 Å². The third-order valence-electron chi connectivity index (χ3n) is 8.41. The van der Waals surface area contributed by atoms with E-state index in [2.05, 4.69) is 88.1 Å². The molecule has 0 atom stereocenters. The van der Waals surface area contributed by atoms with Crippen LogP contribution in [0.3, 0.4) is 0 Å². The van der Waals surface area contributed by atoms with Gasteiger partial charge in [-0.3, -0.25) is 4.98 Å². The molecule has 5 aromatic rings. The Bertz CT molecular complexity index is 1650. The minimum atomic E-state index is -0.243. The third-order valence-corrected chi connectivity index (χ3v) is 8.41. The fourth-order valence-electron chi connectivity index (χ4n) is 6.32. The van der Waals surface area contributed by atoms with E-state index < -0.39 is 0 Å². The summed E-state index contributed by atoms with van der Waals surface area (Å²) in [5, 5.41) is 4.68. The van der Waals surface area contributed by atoms with Gasteiger partial charge in [0, 0.05) is 22.6 Å². The second kappa shape index (κ2) is 8.00. The van der Waals surface area contributed by atoms with Crippen LogP contribution in [-0.4, -0.2) is 4.98 Å². The zero-order valence-corrected chi connectivity index (χ0v) is 21.7. The summed E-state index contributed by atoms with van der Waals surface area (Å²) in [6.45, 7) is 11.5. The normalized spacial score (nSPS) is 14.3. The Labute approximate surface area is 213 Å². The first kappa shape index (κ1) is 22.9. The molecule has 36 heavy (non-hydrogen) atoms. The molecule has 180 valence electrons. The zero-order chi connectivity index (χ0) is 25.2. The number of hydrogen-bond acceptors (Lipinski definition) is 1. The quantitative estimate of drug-likeness (QED) is 0.238. The maximum Gasteiger partial charge on any atom is 0.123 e. The van der Waals surface area contributed by atoms with Crippen LogP contribution in [0.5, 0.6) is 0 Å². The fraction of sp³-hybridized carbons (Fsp3) is 0.265. The molecule has 1 heterocycles. The molecule has 1 aliphatic carbocycles. The second-order valence-corrected chi connectivity index (χ2v) is 11.2. The highest BCUT2D eigenvalue weighted by atomic mass is 19.1.